The van der Waals surface area contributed by atoms with E-state index in [1.165, 1.54) is 6.08 Å². The van der Waals surface area contributed by atoms with Gasteiger partial charge in [0.1, 0.15) is 0 Å². The van der Waals surface area contributed by atoms with Crippen LogP contribution in [0.4, 0.5) is 0 Å². The van der Waals surface area contributed by atoms with Crippen LogP contribution in [-0.4, -0.2) is 59.7 Å². The number of nitrogens with one attached hydrogen (secondary N) is 1. The molecular weight excluding hydrogens is 378 g/mol. The van der Waals surface area contributed by atoms with Crippen LogP contribution in [0.15, 0.2) is 43.0 Å². The van der Waals surface area contributed by atoms with Crippen molar-refractivity contribution in [3.8, 4) is 0 Å². The fraction of sp³-hybridized carbons (Fsp3) is 0.542. The Morgan fingerprint density at radius 3 is 2.13 bits per heavy atom. The zero-order chi connectivity index (χ0) is 21.1. The molecule has 1 aromatic carbocycles. The molecule has 4 rings (SSSR count). The maximum atomic E-state index is 13.6. The minimum atomic E-state index is -0.625. The van der Waals surface area contributed by atoms with Crippen LogP contribution in [0.5, 0.6) is 0 Å². The van der Waals surface area contributed by atoms with E-state index in [2.05, 4.69) is 11.9 Å². The van der Waals surface area contributed by atoms with E-state index in [4.69, 9.17) is 0 Å². The molecule has 1 saturated carbocycles. The van der Waals surface area contributed by atoms with Gasteiger partial charge in [-0.05, 0) is 50.2 Å². The molecule has 3 aliphatic rings. The summed E-state index contributed by atoms with van der Waals surface area (Å²) in [7, 11) is 0. The van der Waals surface area contributed by atoms with Crippen LogP contribution in [0.2, 0.25) is 0 Å². The van der Waals surface area contributed by atoms with Crippen molar-refractivity contribution in [2.45, 2.75) is 50.0 Å². The van der Waals surface area contributed by atoms with Gasteiger partial charge in [-0.15, -0.1) is 0 Å². The van der Waals surface area contributed by atoms with Gasteiger partial charge in [0, 0.05) is 38.1 Å². The summed E-state index contributed by atoms with van der Waals surface area (Å²) in [5.41, 5.74) is 0.384. The van der Waals surface area contributed by atoms with Gasteiger partial charge < -0.3 is 15.1 Å². The van der Waals surface area contributed by atoms with Crippen LogP contribution in [-0.2, 0) is 19.8 Å². The summed E-state index contributed by atoms with van der Waals surface area (Å²) in [6.45, 7) is 6.11. The minimum Gasteiger partial charge on any atom is -0.352 e. The molecule has 0 atom stereocenters. The summed E-state index contributed by atoms with van der Waals surface area (Å²) in [6.07, 6.45) is 6.20. The lowest BCUT2D eigenvalue weighted by molar-refractivity contribution is -0.135. The Kier molecular flexibility index (Phi) is 5.93. The van der Waals surface area contributed by atoms with E-state index >= 15 is 0 Å². The number of nitrogens with zero attached hydrogens (tertiary/aromatic N) is 2. The van der Waals surface area contributed by atoms with E-state index in [1.54, 1.807) is 4.90 Å². The van der Waals surface area contributed by atoms with E-state index in [-0.39, 0.29) is 23.8 Å². The normalized spacial score (nSPS) is 21.7. The quantitative estimate of drug-likeness (QED) is 0.759. The summed E-state index contributed by atoms with van der Waals surface area (Å²) < 4.78 is 0. The highest BCUT2D eigenvalue weighted by atomic mass is 16.2. The third kappa shape index (κ3) is 4.13. The van der Waals surface area contributed by atoms with Gasteiger partial charge in [-0.25, -0.2) is 0 Å². The van der Waals surface area contributed by atoms with Crippen LogP contribution in [0.3, 0.4) is 0 Å². The fourth-order valence-corrected chi connectivity index (χ4v) is 4.80. The Balaban J connectivity index is 1.43. The molecule has 2 saturated heterocycles. The molecule has 3 fully saturated rings. The van der Waals surface area contributed by atoms with Crippen molar-refractivity contribution in [3.05, 3.63) is 48.6 Å². The Morgan fingerprint density at radius 2 is 1.57 bits per heavy atom. The van der Waals surface area contributed by atoms with Crippen LogP contribution in [0, 0.1) is 5.92 Å². The average Bonchev–Trinajstić information content (AvgIpc) is 3.65. The smallest absolute Gasteiger partial charge is 0.245 e. The van der Waals surface area contributed by atoms with Crippen molar-refractivity contribution in [1.29, 1.82) is 0 Å². The van der Waals surface area contributed by atoms with Gasteiger partial charge in [0.2, 0.25) is 17.7 Å². The van der Waals surface area contributed by atoms with E-state index in [0.717, 1.165) is 44.3 Å². The number of likely N-dealkylation sites (tertiary alicyclic amines) is 2. The first-order valence-corrected chi connectivity index (χ1v) is 11.1. The molecule has 2 heterocycles. The lowest BCUT2D eigenvalue weighted by Gasteiger charge is -2.42. The van der Waals surface area contributed by atoms with Gasteiger partial charge >= 0.3 is 0 Å². The number of carbonyl (C=O) groups is 3. The Hall–Kier alpha value is -2.63. The number of carbonyl (C=O) groups excluding carboxylic acids is 3. The summed E-state index contributed by atoms with van der Waals surface area (Å²) in [6, 6.07) is 10.0. The van der Waals surface area contributed by atoms with Crippen LogP contribution in [0.1, 0.15) is 44.1 Å². The van der Waals surface area contributed by atoms with Gasteiger partial charge in [-0.2, -0.15) is 0 Å². The number of amides is 3. The van der Waals surface area contributed by atoms with Crippen molar-refractivity contribution in [2.75, 3.05) is 26.2 Å². The predicted octanol–water partition coefficient (Wildman–Crippen LogP) is 2.25. The average molecular weight is 410 g/mol. The second-order valence-corrected chi connectivity index (χ2v) is 8.82. The van der Waals surface area contributed by atoms with Crippen LogP contribution < -0.4 is 5.32 Å². The Labute approximate surface area is 178 Å². The molecule has 6 nitrogen and oxygen atoms in total. The van der Waals surface area contributed by atoms with Crippen molar-refractivity contribution < 1.29 is 14.4 Å². The number of piperidine rings is 2. The zero-order valence-corrected chi connectivity index (χ0v) is 17.5. The highest BCUT2D eigenvalue weighted by Crippen LogP contribution is 2.37. The molecule has 30 heavy (non-hydrogen) atoms. The van der Waals surface area contributed by atoms with Crippen molar-refractivity contribution in [3.63, 3.8) is 0 Å². The zero-order valence-electron chi connectivity index (χ0n) is 17.5. The number of hydrogen-bond acceptors (Lipinski definition) is 3. The van der Waals surface area contributed by atoms with Gasteiger partial charge in [0.05, 0.1) is 5.41 Å². The molecule has 0 radical (unpaired) electrons. The molecule has 0 aromatic heterocycles. The second kappa shape index (κ2) is 8.62. The number of benzene rings is 1. The first kappa shape index (κ1) is 20.6. The molecule has 1 N–H and O–H groups in total. The fourth-order valence-electron chi connectivity index (χ4n) is 4.80. The molecular formula is C24H31N3O3. The molecule has 1 aliphatic carbocycles. The van der Waals surface area contributed by atoms with Crippen molar-refractivity contribution in [2.24, 2.45) is 5.92 Å². The minimum absolute atomic E-state index is 0.0476. The largest absolute Gasteiger partial charge is 0.352 e. The van der Waals surface area contributed by atoms with Crippen LogP contribution in [0.25, 0.3) is 0 Å². The maximum absolute atomic E-state index is 13.6. The van der Waals surface area contributed by atoms with Gasteiger partial charge in [-0.3, -0.25) is 14.4 Å². The summed E-state index contributed by atoms with van der Waals surface area (Å²) in [5.74, 6) is 0.511. The highest BCUT2D eigenvalue weighted by molar-refractivity contribution is 5.90. The second-order valence-electron chi connectivity index (χ2n) is 8.82. The summed E-state index contributed by atoms with van der Waals surface area (Å²) >= 11 is 0. The molecule has 6 heteroatoms. The van der Waals surface area contributed by atoms with E-state index in [9.17, 15) is 14.4 Å². The third-order valence-corrected chi connectivity index (χ3v) is 6.93. The lowest BCUT2D eigenvalue weighted by Crippen LogP contribution is -2.56. The third-order valence-electron chi connectivity index (χ3n) is 6.93. The van der Waals surface area contributed by atoms with Gasteiger partial charge in [-0.1, -0.05) is 36.9 Å². The topological polar surface area (TPSA) is 69.7 Å². The SMILES string of the molecule is C=CC(=O)N1CCC(C(=O)NC2CCN(C(=O)C3CC3)CC2)(c2ccccc2)CC1. The van der Waals surface area contributed by atoms with E-state index in [1.807, 2.05) is 35.2 Å². The van der Waals surface area contributed by atoms with Gasteiger partial charge in [0.25, 0.3) is 0 Å². The Morgan fingerprint density at radius 1 is 0.933 bits per heavy atom. The first-order valence-electron chi connectivity index (χ1n) is 11.1. The van der Waals surface area contributed by atoms with Crippen LogP contribution >= 0.6 is 0 Å². The maximum Gasteiger partial charge on any atom is 0.245 e. The van der Waals surface area contributed by atoms with Crippen molar-refractivity contribution >= 4 is 17.7 Å². The van der Waals surface area contributed by atoms with Gasteiger partial charge in [0.15, 0.2) is 0 Å². The molecule has 3 amide bonds. The number of rotatable bonds is 5. The van der Waals surface area contributed by atoms with Crippen molar-refractivity contribution in [1.82, 2.24) is 15.1 Å². The monoisotopic (exact) mass is 409 g/mol. The number of hydrogen-bond donors (Lipinski definition) is 1. The molecule has 160 valence electrons. The predicted molar refractivity (Wildman–Crippen MR) is 115 cm³/mol. The molecule has 1 aromatic rings. The molecule has 0 spiro atoms. The lowest BCUT2D eigenvalue weighted by atomic mass is 9.71. The molecule has 0 unspecified atom stereocenters. The highest BCUT2D eigenvalue weighted by Gasteiger charge is 2.44. The molecule has 0 bridgehead atoms. The molecule has 2 aliphatic heterocycles. The Bertz CT molecular complexity index is 802. The standard InChI is InChI=1S/C24H31N3O3/c1-2-21(28)26-16-12-24(13-17-26,19-6-4-3-5-7-19)23(30)25-20-10-14-27(15-11-20)22(29)18-8-9-18/h2-7,18,20H,1,8-17H2,(H,25,30). The van der Waals surface area contributed by atoms with E-state index in [0.29, 0.717) is 31.8 Å². The first-order chi connectivity index (χ1) is 14.5. The van der Waals surface area contributed by atoms with E-state index < -0.39 is 5.41 Å². The summed E-state index contributed by atoms with van der Waals surface area (Å²) in [4.78, 5) is 41.6. The summed E-state index contributed by atoms with van der Waals surface area (Å²) in [5, 5.41) is 3.29.